The number of nitro groups is 1. The predicted molar refractivity (Wildman–Crippen MR) is 97.7 cm³/mol. The molecule has 0 saturated heterocycles. The highest BCUT2D eigenvalue weighted by Crippen LogP contribution is 2.29. The van der Waals surface area contributed by atoms with Gasteiger partial charge in [-0.05, 0) is 31.9 Å². The Labute approximate surface area is 147 Å². The molecule has 132 valence electrons. The topological polar surface area (TPSA) is 76.7 Å². The van der Waals surface area contributed by atoms with Crippen LogP contribution in [0.25, 0.3) is 0 Å². The van der Waals surface area contributed by atoms with Crippen molar-refractivity contribution in [2.75, 3.05) is 18.4 Å². The predicted octanol–water partition coefficient (Wildman–Crippen LogP) is 2.26. The summed E-state index contributed by atoms with van der Waals surface area (Å²) in [5.41, 5.74) is 3.01. The Morgan fingerprint density at radius 3 is 2.44 bits per heavy atom. The first-order valence-corrected chi connectivity index (χ1v) is 8.34. The summed E-state index contributed by atoms with van der Waals surface area (Å²) in [6.07, 6.45) is 0. The SMILES string of the molecule is CC[NH+](CC(=O)Nc1c([N+](=O)[O-])ccc(C)c1C)Cc1ccccc1. The molecule has 0 aromatic heterocycles. The maximum atomic E-state index is 12.5. The second-order valence-corrected chi connectivity index (χ2v) is 6.15. The van der Waals surface area contributed by atoms with Crippen LogP contribution < -0.4 is 10.2 Å². The minimum Gasteiger partial charge on any atom is -0.324 e. The monoisotopic (exact) mass is 342 g/mol. The van der Waals surface area contributed by atoms with Gasteiger partial charge >= 0.3 is 0 Å². The number of benzene rings is 2. The summed E-state index contributed by atoms with van der Waals surface area (Å²) in [6.45, 7) is 7.46. The average molecular weight is 342 g/mol. The highest BCUT2D eigenvalue weighted by Gasteiger charge is 2.21. The molecular formula is C19H24N3O3+. The van der Waals surface area contributed by atoms with Crippen LogP contribution in [-0.4, -0.2) is 23.9 Å². The highest BCUT2D eigenvalue weighted by atomic mass is 16.6. The zero-order valence-electron chi connectivity index (χ0n) is 14.8. The third-order valence-corrected chi connectivity index (χ3v) is 4.38. The summed E-state index contributed by atoms with van der Waals surface area (Å²) in [5.74, 6) is -0.218. The maximum Gasteiger partial charge on any atom is 0.293 e. The quantitative estimate of drug-likeness (QED) is 0.598. The van der Waals surface area contributed by atoms with Crippen LogP contribution in [-0.2, 0) is 11.3 Å². The molecular weight excluding hydrogens is 318 g/mol. The number of carbonyl (C=O) groups is 1. The fraction of sp³-hybridized carbons (Fsp3) is 0.316. The molecule has 2 N–H and O–H groups in total. The molecule has 2 aromatic rings. The number of anilines is 1. The van der Waals surface area contributed by atoms with Gasteiger partial charge < -0.3 is 10.2 Å². The second kappa shape index (κ2) is 8.39. The number of carbonyl (C=O) groups excluding carboxylic acids is 1. The van der Waals surface area contributed by atoms with Crippen LogP contribution in [0, 0.1) is 24.0 Å². The molecule has 2 rings (SSSR count). The number of likely N-dealkylation sites (N-methyl/N-ethyl adjacent to an activating group) is 1. The van der Waals surface area contributed by atoms with Crippen molar-refractivity contribution in [3.63, 3.8) is 0 Å². The van der Waals surface area contributed by atoms with Crippen molar-refractivity contribution in [2.24, 2.45) is 0 Å². The van der Waals surface area contributed by atoms with Gasteiger partial charge in [-0.25, -0.2) is 0 Å². The lowest BCUT2D eigenvalue weighted by molar-refractivity contribution is -0.903. The highest BCUT2D eigenvalue weighted by molar-refractivity contribution is 5.95. The molecule has 0 saturated carbocycles. The van der Waals surface area contributed by atoms with Gasteiger partial charge in [0.15, 0.2) is 6.54 Å². The first kappa shape index (κ1) is 18.6. The number of amides is 1. The molecule has 6 heteroatoms. The fourth-order valence-corrected chi connectivity index (χ4v) is 2.72. The Balaban J connectivity index is 2.11. The molecule has 0 heterocycles. The lowest BCUT2D eigenvalue weighted by atomic mass is 10.1. The van der Waals surface area contributed by atoms with E-state index in [1.165, 1.54) is 6.07 Å². The Morgan fingerprint density at radius 1 is 1.16 bits per heavy atom. The lowest BCUT2D eigenvalue weighted by Crippen LogP contribution is -3.11. The zero-order valence-corrected chi connectivity index (χ0v) is 14.8. The summed E-state index contributed by atoms with van der Waals surface area (Å²) in [5, 5.41) is 14.0. The van der Waals surface area contributed by atoms with Gasteiger partial charge in [-0.3, -0.25) is 14.9 Å². The van der Waals surface area contributed by atoms with Crippen molar-refractivity contribution >= 4 is 17.3 Å². The Hall–Kier alpha value is -2.73. The first-order chi connectivity index (χ1) is 11.9. The standard InChI is InChI=1S/C19H23N3O3/c1-4-21(12-16-8-6-5-7-9-16)13-18(23)20-19-15(3)14(2)10-11-17(19)22(24)25/h5-11H,4,12-13H2,1-3H3,(H,20,23)/p+1. The molecule has 0 bridgehead atoms. The van der Waals surface area contributed by atoms with E-state index in [0.717, 1.165) is 34.7 Å². The number of nitrogens with zero attached hydrogens (tertiary/aromatic N) is 1. The summed E-state index contributed by atoms with van der Waals surface area (Å²) < 4.78 is 0. The van der Waals surface area contributed by atoms with Crippen LogP contribution in [0.2, 0.25) is 0 Å². The minimum absolute atomic E-state index is 0.0717. The smallest absolute Gasteiger partial charge is 0.293 e. The van der Waals surface area contributed by atoms with Crippen molar-refractivity contribution in [3.05, 3.63) is 69.3 Å². The molecule has 6 nitrogen and oxygen atoms in total. The van der Waals surface area contributed by atoms with E-state index < -0.39 is 4.92 Å². The van der Waals surface area contributed by atoms with E-state index in [1.807, 2.05) is 44.2 Å². The molecule has 1 atom stereocenters. The van der Waals surface area contributed by atoms with Gasteiger partial charge in [0.25, 0.3) is 11.6 Å². The van der Waals surface area contributed by atoms with Crippen LogP contribution in [0.4, 0.5) is 11.4 Å². The lowest BCUT2D eigenvalue weighted by Gasteiger charge is -2.18. The van der Waals surface area contributed by atoms with Crippen LogP contribution in [0.1, 0.15) is 23.6 Å². The van der Waals surface area contributed by atoms with Gasteiger partial charge in [0.1, 0.15) is 12.2 Å². The van der Waals surface area contributed by atoms with E-state index in [4.69, 9.17) is 0 Å². The molecule has 0 aliphatic heterocycles. The molecule has 0 fully saturated rings. The van der Waals surface area contributed by atoms with Gasteiger partial charge in [-0.1, -0.05) is 36.4 Å². The zero-order chi connectivity index (χ0) is 18.4. The van der Waals surface area contributed by atoms with Crippen molar-refractivity contribution in [2.45, 2.75) is 27.3 Å². The van der Waals surface area contributed by atoms with Gasteiger partial charge in [0, 0.05) is 11.6 Å². The maximum absolute atomic E-state index is 12.5. The third-order valence-electron chi connectivity index (χ3n) is 4.38. The third kappa shape index (κ3) is 4.87. The molecule has 25 heavy (non-hydrogen) atoms. The summed E-state index contributed by atoms with van der Waals surface area (Å²) in [4.78, 5) is 24.3. The summed E-state index contributed by atoms with van der Waals surface area (Å²) in [6, 6.07) is 13.1. The van der Waals surface area contributed by atoms with E-state index in [-0.39, 0.29) is 18.1 Å². The van der Waals surface area contributed by atoms with Crippen LogP contribution >= 0.6 is 0 Å². The molecule has 1 amide bonds. The molecule has 2 aromatic carbocycles. The Kier molecular flexibility index (Phi) is 6.25. The van der Waals surface area contributed by atoms with Crippen LogP contribution in [0.5, 0.6) is 0 Å². The summed E-state index contributed by atoms with van der Waals surface area (Å²) >= 11 is 0. The average Bonchev–Trinajstić information content (AvgIpc) is 2.59. The minimum atomic E-state index is -0.462. The van der Waals surface area contributed by atoms with Gasteiger partial charge in [-0.15, -0.1) is 0 Å². The number of hydrogen-bond acceptors (Lipinski definition) is 3. The van der Waals surface area contributed by atoms with E-state index in [2.05, 4.69) is 5.32 Å². The van der Waals surface area contributed by atoms with Crippen molar-refractivity contribution in [1.29, 1.82) is 0 Å². The fourth-order valence-electron chi connectivity index (χ4n) is 2.72. The van der Waals surface area contributed by atoms with Gasteiger partial charge in [0.2, 0.25) is 0 Å². The van der Waals surface area contributed by atoms with Gasteiger partial charge in [-0.2, -0.15) is 0 Å². The van der Waals surface area contributed by atoms with E-state index in [0.29, 0.717) is 5.69 Å². The van der Waals surface area contributed by atoms with Crippen molar-refractivity contribution in [3.8, 4) is 0 Å². The number of rotatable bonds is 7. The van der Waals surface area contributed by atoms with Crippen molar-refractivity contribution < 1.29 is 14.6 Å². The number of nitrogens with one attached hydrogen (secondary N) is 2. The first-order valence-electron chi connectivity index (χ1n) is 8.34. The molecule has 0 aliphatic rings. The van der Waals surface area contributed by atoms with Gasteiger partial charge in [0.05, 0.1) is 11.5 Å². The van der Waals surface area contributed by atoms with E-state index in [1.54, 1.807) is 13.0 Å². The molecule has 1 unspecified atom stereocenters. The Morgan fingerprint density at radius 2 is 1.84 bits per heavy atom. The Bertz CT molecular complexity index is 760. The molecule has 0 radical (unpaired) electrons. The molecule has 0 spiro atoms. The number of nitro benzene ring substituents is 1. The van der Waals surface area contributed by atoms with Crippen LogP contribution in [0.15, 0.2) is 42.5 Å². The van der Waals surface area contributed by atoms with Crippen LogP contribution in [0.3, 0.4) is 0 Å². The summed E-state index contributed by atoms with van der Waals surface area (Å²) in [7, 11) is 0. The second-order valence-electron chi connectivity index (χ2n) is 6.15. The van der Waals surface area contributed by atoms with Crippen molar-refractivity contribution in [1.82, 2.24) is 0 Å². The number of hydrogen-bond donors (Lipinski definition) is 2. The largest absolute Gasteiger partial charge is 0.324 e. The van der Waals surface area contributed by atoms with E-state index in [9.17, 15) is 14.9 Å². The number of aryl methyl sites for hydroxylation is 1. The molecule has 0 aliphatic carbocycles. The normalized spacial score (nSPS) is 11.8. The van der Waals surface area contributed by atoms with E-state index >= 15 is 0 Å². The number of quaternary nitrogens is 1.